The zero-order valence-corrected chi connectivity index (χ0v) is 20.8. The fourth-order valence-electron chi connectivity index (χ4n) is 5.97. The Bertz CT molecular complexity index is 1300. The highest BCUT2D eigenvalue weighted by Gasteiger charge is 2.50. The largest absolute Gasteiger partial charge is 0.378 e. The molecule has 5 atom stereocenters. The molecule has 1 saturated heterocycles. The smallest absolute Gasteiger partial charge is 0.221 e. The summed E-state index contributed by atoms with van der Waals surface area (Å²) < 4.78 is 5.44. The summed E-state index contributed by atoms with van der Waals surface area (Å²) in [5.74, 6) is 0.766. The molecule has 0 radical (unpaired) electrons. The van der Waals surface area contributed by atoms with Crippen LogP contribution in [0.2, 0.25) is 10.2 Å². The third-order valence-electron chi connectivity index (χ3n) is 7.46. The molecule has 2 bridgehead atoms. The summed E-state index contributed by atoms with van der Waals surface area (Å²) in [5.41, 5.74) is 8.07. The molecular formula is C23H24Cl2N6O2S. The molecule has 3 aromatic rings. The monoisotopic (exact) mass is 518 g/mol. The Labute approximate surface area is 210 Å². The second-order valence-corrected chi connectivity index (χ2v) is 11.0. The second-order valence-electron chi connectivity index (χ2n) is 9.26. The van der Waals surface area contributed by atoms with Gasteiger partial charge in [0.25, 0.3) is 0 Å². The number of primary amides is 1. The fraction of sp³-hybridized carbons (Fsp3) is 0.478. The number of thiazole rings is 1. The van der Waals surface area contributed by atoms with Gasteiger partial charge < -0.3 is 20.4 Å². The number of H-pyrrole nitrogens is 1. The summed E-state index contributed by atoms with van der Waals surface area (Å²) in [7, 11) is 0. The van der Waals surface area contributed by atoms with Gasteiger partial charge in [-0.15, -0.1) is 0 Å². The lowest BCUT2D eigenvalue weighted by Gasteiger charge is -2.31. The van der Waals surface area contributed by atoms with Crippen LogP contribution in [0.1, 0.15) is 24.8 Å². The van der Waals surface area contributed by atoms with Crippen molar-refractivity contribution in [3.8, 4) is 10.7 Å². The maximum atomic E-state index is 12.3. The van der Waals surface area contributed by atoms with Gasteiger partial charge in [0.2, 0.25) is 5.91 Å². The number of nitrogens with two attached hydrogens (primary N) is 1. The van der Waals surface area contributed by atoms with Crippen molar-refractivity contribution in [2.45, 2.75) is 19.3 Å². The first-order chi connectivity index (χ1) is 16.4. The van der Waals surface area contributed by atoms with Crippen LogP contribution >= 0.6 is 34.5 Å². The van der Waals surface area contributed by atoms with E-state index in [9.17, 15) is 4.79 Å². The minimum absolute atomic E-state index is 0.00964. The van der Waals surface area contributed by atoms with Crippen molar-refractivity contribution in [3.63, 3.8) is 0 Å². The molecule has 1 amide bonds. The van der Waals surface area contributed by atoms with Gasteiger partial charge in [0.1, 0.15) is 4.88 Å². The number of nitrogens with zero attached hydrogens (tertiary/aromatic N) is 4. The standard InChI is InChI=1S/C23H24Cl2N6O2S/c1-10(14-11-2-3-12(8-11)16(14)20(26)32)15-13(24)9-27-21-17(15)28-22(30-21)18-19(25)29-23(34-18)31-4-6-33-7-5-31/h2-3,9-12,14,16H,4-8H2,1H3,(H2,26,32)(H,27,28,30). The first-order valence-electron chi connectivity index (χ1n) is 11.4. The van der Waals surface area contributed by atoms with Gasteiger partial charge in [-0.25, -0.2) is 15.0 Å². The number of rotatable bonds is 5. The van der Waals surface area contributed by atoms with Gasteiger partial charge >= 0.3 is 0 Å². The van der Waals surface area contributed by atoms with Gasteiger partial charge in [-0.05, 0) is 30.1 Å². The van der Waals surface area contributed by atoms with E-state index in [1.807, 2.05) is 0 Å². The van der Waals surface area contributed by atoms with Crippen LogP contribution in [0.15, 0.2) is 18.3 Å². The highest BCUT2D eigenvalue weighted by atomic mass is 35.5. The highest BCUT2D eigenvalue weighted by Crippen LogP contribution is 2.54. The van der Waals surface area contributed by atoms with Crippen molar-refractivity contribution >= 4 is 56.7 Å². The summed E-state index contributed by atoms with van der Waals surface area (Å²) in [6, 6.07) is 0. The van der Waals surface area contributed by atoms with Crippen LogP contribution in [-0.4, -0.2) is 52.1 Å². The number of hydrogen-bond acceptors (Lipinski definition) is 7. The maximum Gasteiger partial charge on any atom is 0.221 e. The number of pyridine rings is 1. The number of aromatic nitrogens is 4. The van der Waals surface area contributed by atoms with Crippen molar-refractivity contribution in [2.24, 2.45) is 29.4 Å². The van der Waals surface area contributed by atoms with E-state index in [0.717, 1.165) is 40.6 Å². The molecule has 0 spiro atoms. The van der Waals surface area contributed by atoms with Crippen molar-refractivity contribution in [3.05, 3.63) is 34.1 Å². The van der Waals surface area contributed by atoms with Crippen LogP contribution in [-0.2, 0) is 9.53 Å². The molecule has 34 heavy (non-hydrogen) atoms. The quantitative estimate of drug-likeness (QED) is 0.488. The number of amides is 1. The average Bonchev–Trinajstić information content (AvgIpc) is 3.61. The molecule has 3 aromatic heterocycles. The molecule has 1 saturated carbocycles. The molecule has 5 unspecified atom stereocenters. The fourth-order valence-corrected chi connectivity index (χ4v) is 7.57. The minimum Gasteiger partial charge on any atom is -0.378 e. The van der Waals surface area contributed by atoms with Crippen molar-refractivity contribution in [1.82, 2.24) is 19.9 Å². The number of imidazole rings is 1. The number of aromatic amines is 1. The van der Waals surface area contributed by atoms with Crippen LogP contribution in [0.3, 0.4) is 0 Å². The molecule has 3 aliphatic rings. The van der Waals surface area contributed by atoms with Crippen LogP contribution in [0.5, 0.6) is 0 Å². The van der Waals surface area contributed by atoms with E-state index in [0.29, 0.717) is 40.8 Å². The Balaban J connectivity index is 1.39. The van der Waals surface area contributed by atoms with Gasteiger partial charge in [-0.2, -0.15) is 0 Å². The van der Waals surface area contributed by atoms with E-state index >= 15 is 0 Å². The predicted molar refractivity (Wildman–Crippen MR) is 133 cm³/mol. The Morgan fingerprint density at radius 1 is 1.26 bits per heavy atom. The van der Waals surface area contributed by atoms with E-state index < -0.39 is 0 Å². The maximum absolute atomic E-state index is 12.3. The molecule has 178 valence electrons. The van der Waals surface area contributed by atoms with Crippen LogP contribution in [0.25, 0.3) is 21.9 Å². The molecule has 8 nitrogen and oxygen atoms in total. The lowest BCUT2D eigenvalue weighted by atomic mass is 9.73. The van der Waals surface area contributed by atoms with Gasteiger partial charge in [-0.3, -0.25) is 4.79 Å². The molecule has 2 aliphatic carbocycles. The number of carbonyl (C=O) groups is 1. The first kappa shape index (κ1) is 22.3. The van der Waals surface area contributed by atoms with E-state index in [-0.39, 0.29) is 29.6 Å². The molecule has 3 N–H and O–H groups in total. The number of halogens is 2. The molecule has 2 fully saturated rings. The topological polar surface area (TPSA) is 110 Å². The summed E-state index contributed by atoms with van der Waals surface area (Å²) in [6.07, 6.45) is 6.96. The van der Waals surface area contributed by atoms with E-state index in [1.54, 1.807) is 6.20 Å². The predicted octanol–water partition coefficient (Wildman–Crippen LogP) is 4.25. The number of carbonyl (C=O) groups excluding carboxylic acids is 1. The Hall–Kier alpha value is -2.20. The molecule has 6 rings (SSSR count). The molecule has 1 aliphatic heterocycles. The number of ether oxygens (including phenoxy) is 1. The van der Waals surface area contributed by atoms with Gasteiger partial charge in [0, 0.05) is 30.8 Å². The number of allylic oxidation sites excluding steroid dienone is 2. The molecule has 4 heterocycles. The normalized spacial score (nSPS) is 27.1. The summed E-state index contributed by atoms with van der Waals surface area (Å²) in [4.78, 5) is 32.4. The SMILES string of the molecule is CC(c1c(Cl)cnc2nc(-c3sc(N4CCOCC4)nc3Cl)[nH]c12)C1C2C=CC(C2)C1C(N)=O. The van der Waals surface area contributed by atoms with Gasteiger partial charge in [0.05, 0.1) is 23.8 Å². The molecular weight excluding hydrogens is 495 g/mol. The number of morpholine rings is 1. The van der Waals surface area contributed by atoms with Crippen LogP contribution in [0, 0.1) is 23.7 Å². The summed E-state index contributed by atoms with van der Waals surface area (Å²) in [6.45, 7) is 5.02. The lowest BCUT2D eigenvalue weighted by Crippen LogP contribution is -2.36. The van der Waals surface area contributed by atoms with E-state index in [4.69, 9.17) is 38.7 Å². The Kier molecular flexibility index (Phi) is 5.55. The highest BCUT2D eigenvalue weighted by molar-refractivity contribution is 7.19. The van der Waals surface area contributed by atoms with Crippen molar-refractivity contribution in [2.75, 3.05) is 31.2 Å². The third-order valence-corrected chi connectivity index (χ3v) is 9.27. The first-order valence-corrected chi connectivity index (χ1v) is 13.0. The lowest BCUT2D eigenvalue weighted by molar-refractivity contribution is -0.124. The Morgan fingerprint density at radius 3 is 2.79 bits per heavy atom. The van der Waals surface area contributed by atoms with E-state index in [1.165, 1.54) is 11.3 Å². The van der Waals surface area contributed by atoms with Crippen molar-refractivity contribution < 1.29 is 9.53 Å². The van der Waals surface area contributed by atoms with E-state index in [2.05, 4.69) is 38.9 Å². The van der Waals surface area contributed by atoms with Gasteiger partial charge in [0.15, 0.2) is 21.8 Å². The van der Waals surface area contributed by atoms with Gasteiger partial charge in [-0.1, -0.05) is 53.6 Å². The van der Waals surface area contributed by atoms with Crippen molar-refractivity contribution in [1.29, 1.82) is 0 Å². The minimum atomic E-state index is -0.243. The zero-order chi connectivity index (χ0) is 23.6. The summed E-state index contributed by atoms with van der Waals surface area (Å²) in [5, 5.41) is 1.80. The summed E-state index contributed by atoms with van der Waals surface area (Å²) >= 11 is 14.7. The number of nitrogens with one attached hydrogen (secondary N) is 1. The third kappa shape index (κ3) is 3.52. The zero-order valence-electron chi connectivity index (χ0n) is 18.5. The van der Waals surface area contributed by atoms with Crippen LogP contribution in [0.4, 0.5) is 5.13 Å². The Morgan fingerprint density at radius 2 is 2.03 bits per heavy atom. The second kappa shape index (κ2) is 8.48. The van der Waals surface area contributed by atoms with Crippen LogP contribution < -0.4 is 10.6 Å². The number of anilines is 1. The molecule has 11 heteroatoms. The average molecular weight is 519 g/mol. The molecule has 0 aromatic carbocycles. The number of hydrogen-bond donors (Lipinski definition) is 2. The number of fused-ring (bicyclic) bond motifs is 3.